The van der Waals surface area contributed by atoms with Crippen LogP contribution in [0.4, 0.5) is 0 Å². The highest BCUT2D eigenvalue weighted by atomic mass is 32.2. The summed E-state index contributed by atoms with van der Waals surface area (Å²) in [6.07, 6.45) is 1.72. The van der Waals surface area contributed by atoms with Gasteiger partial charge in [0, 0.05) is 0 Å². The molecule has 1 fully saturated rings. The standard InChI is InChI=1S/C7H13NO4S/c1-12-7(9)5-3-2-4-6(5)13(8,10)11/h5-6H,2-4H2,1H3,(H2,8,10,11). The molecule has 0 bridgehead atoms. The molecule has 2 N–H and O–H groups in total. The summed E-state index contributed by atoms with van der Waals surface area (Å²) in [5.74, 6) is -1.04. The van der Waals surface area contributed by atoms with Crippen LogP contribution >= 0.6 is 0 Å². The fourth-order valence-corrected chi connectivity index (χ4v) is 2.94. The molecular formula is C7H13NO4S. The summed E-state index contributed by atoms with van der Waals surface area (Å²) in [5, 5.41) is 4.24. The van der Waals surface area contributed by atoms with Gasteiger partial charge in [0.05, 0.1) is 18.3 Å². The summed E-state index contributed by atoms with van der Waals surface area (Å²) in [6.45, 7) is 0. The van der Waals surface area contributed by atoms with Gasteiger partial charge < -0.3 is 4.74 Å². The smallest absolute Gasteiger partial charge is 0.310 e. The van der Waals surface area contributed by atoms with E-state index in [4.69, 9.17) is 5.14 Å². The zero-order valence-electron chi connectivity index (χ0n) is 7.39. The second-order valence-corrected chi connectivity index (χ2v) is 4.97. The minimum atomic E-state index is -3.61. The van der Waals surface area contributed by atoms with E-state index in [1.54, 1.807) is 0 Å². The van der Waals surface area contributed by atoms with Gasteiger partial charge in [-0.25, -0.2) is 13.6 Å². The average molecular weight is 207 g/mol. The van der Waals surface area contributed by atoms with Gasteiger partial charge in [0.2, 0.25) is 10.0 Å². The molecule has 0 saturated heterocycles. The minimum Gasteiger partial charge on any atom is -0.469 e. The van der Waals surface area contributed by atoms with E-state index in [1.165, 1.54) is 7.11 Å². The molecule has 1 rings (SSSR count). The van der Waals surface area contributed by atoms with E-state index >= 15 is 0 Å². The first-order chi connectivity index (χ1) is 5.96. The van der Waals surface area contributed by atoms with Crippen molar-refractivity contribution in [3.05, 3.63) is 0 Å². The number of hydrogen-bond acceptors (Lipinski definition) is 4. The lowest BCUT2D eigenvalue weighted by Gasteiger charge is -2.14. The maximum absolute atomic E-state index is 11.1. The molecule has 2 atom stereocenters. The van der Waals surface area contributed by atoms with Crippen LogP contribution in [0, 0.1) is 5.92 Å². The summed E-state index contributed by atoms with van der Waals surface area (Å²) < 4.78 is 26.6. The van der Waals surface area contributed by atoms with Gasteiger partial charge in [-0.15, -0.1) is 0 Å². The Morgan fingerprint density at radius 2 is 2.08 bits per heavy atom. The molecule has 0 radical (unpaired) electrons. The predicted molar refractivity (Wildman–Crippen MR) is 46.3 cm³/mol. The van der Waals surface area contributed by atoms with Gasteiger partial charge in [0.25, 0.3) is 0 Å². The number of primary sulfonamides is 1. The van der Waals surface area contributed by atoms with Crippen LogP contribution in [-0.2, 0) is 19.6 Å². The Morgan fingerprint density at radius 3 is 2.54 bits per heavy atom. The normalized spacial score (nSPS) is 28.8. The van der Waals surface area contributed by atoms with Crippen molar-refractivity contribution in [2.75, 3.05) is 7.11 Å². The van der Waals surface area contributed by atoms with Crippen LogP contribution in [0.15, 0.2) is 0 Å². The van der Waals surface area contributed by atoms with Crippen molar-refractivity contribution in [2.45, 2.75) is 24.5 Å². The van der Waals surface area contributed by atoms with Crippen molar-refractivity contribution in [2.24, 2.45) is 11.1 Å². The molecule has 0 aromatic heterocycles. The van der Waals surface area contributed by atoms with Crippen LogP contribution in [0.2, 0.25) is 0 Å². The SMILES string of the molecule is COC(=O)C1CCCC1S(N)(=O)=O. The monoisotopic (exact) mass is 207 g/mol. The third kappa shape index (κ3) is 2.19. The van der Waals surface area contributed by atoms with Gasteiger partial charge in [-0.3, -0.25) is 4.79 Å². The van der Waals surface area contributed by atoms with Gasteiger partial charge in [0.15, 0.2) is 0 Å². The molecular weight excluding hydrogens is 194 g/mol. The Bertz CT molecular complexity index is 298. The van der Waals surface area contributed by atoms with Gasteiger partial charge in [-0.2, -0.15) is 0 Å². The van der Waals surface area contributed by atoms with Gasteiger partial charge in [-0.1, -0.05) is 6.42 Å². The Kier molecular flexibility index (Phi) is 2.92. The molecule has 6 heteroatoms. The number of rotatable bonds is 2. The van der Waals surface area contributed by atoms with E-state index in [1.807, 2.05) is 0 Å². The van der Waals surface area contributed by atoms with Crippen LogP contribution in [0.1, 0.15) is 19.3 Å². The van der Waals surface area contributed by atoms with Crippen LogP contribution in [-0.4, -0.2) is 26.7 Å². The van der Waals surface area contributed by atoms with E-state index in [0.29, 0.717) is 19.3 Å². The number of hydrogen-bond donors (Lipinski definition) is 1. The van der Waals surface area contributed by atoms with Crippen LogP contribution in [0.5, 0.6) is 0 Å². The zero-order chi connectivity index (χ0) is 10.1. The van der Waals surface area contributed by atoms with Crippen molar-refractivity contribution in [1.29, 1.82) is 0 Å². The molecule has 1 aliphatic rings. The quantitative estimate of drug-likeness (QED) is 0.625. The molecule has 0 aromatic carbocycles. The molecule has 13 heavy (non-hydrogen) atoms. The van der Waals surface area contributed by atoms with Crippen LogP contribution in [0.3, 0.4) is 0 Å². The number of sulfonamides is 1. The summed E-state index contributed by atoms with van der Waals surface area (Å²) in [5.41, 5.74) is 0. The van der Waals surface area contributed by atoms with E-state index in [9.17, 15) is 13.2 Å². The van der Waals surface area contributed by atoms with Gasteiger partial charge in [-0.05, 0) is 12.8 Å². The minimum absolute atomic E-state index is 0.457. The number of ether oxygens (including phenoxy) is 1. The third-order valence-corrected chi connectivity index (χ3v) is 3.79. The number of nitrogens with two attached hydrogens (primary N) is 1. The lowest BCUT2D eigenvalue weighted by Crippen LogP contribution is -2.35. The Balaban J connectivity index is 2.82. The molecule has 0 amide bonds. The van der Waals surface area contributed by atoms with Crippen molar-refractivity contribution < 1.29 is 17.9 Å². The number of carbonyl (C=O) groups is 1. The third-order valence-electron chi connectivity index (χ3n) is 2.38. The summed E-state index contributed by atoms with van der Waals surface area (Å²) in [6, 6.07) is 0. The van der Waals surface area contributed by atoms with Crippen molar-refractivity contribution in [3.8, 4) is 0 Å². The highest BCUT2D eigenvalue weighted by Crippen LogP contribution is 2.30. The Labute approximate surface area is 77.3 Å². The van der Waals surface area contributed by atoms with E-state index in [-0.39, 0.29) is 0 Å². The number of methoxy groups -OCH3 is 1. The van der Waals surface area contributed by atoms with Crippen molar-refractivity contribution in [1.82, 2.24) is 0 Å². The molecule has 0 spiro atoms. The molecule has 5 nitrogen and oxygen atoms in total. The van der Waals surface area contributed by atoms with E-state index in [2.05, 4.69) is 4.74 Å². The summed E-state index contributed by atoms with van der Waals surface area (Å²) in [4.78, 5) is 11.1. The van der Waals surface area contributed by atoms with E-state index < -0.39 is 27.2 Å². The summed E-state index contributed by atoms with van der Waals surface area (Å²) in [7, 11) is -2.36. The second kappa shape index (κ2) is 3.63. The molecule has 2 unspecified atom stereocenters. The van der Waals surface area contributed by atoms with Crippen molar-refractivity contribution in [3.63, 3.8) is 0 Å². The largest absolute Gasteiger partial charge is 0.469 e. The topological polar surface area (TPSA) is 86.5 Å². The maximum Gasteiger partial charge on any atom is 0.310 e. The van der Waals surface area contributed by atoms with Crippen molar-refractivity contribution >= 4 is 16.0 Å². The Hall–Kier alpha value is -0.620. The first-order valence-electron chi connectivity index (χ1n) is 4.06. The highest BCUT2D eigenvalue weighted by Gasteiger charge is 2.40. The van der Waals surface area contributed by atoms with Gasteiger partial charge in [0.1, 0.15) is 0 Å². The molecule has 0 aliphatic heterocycles. The van der Waals surface area contributed by atoms with Crippen LogP contribution < -0.4 is 5.14 Å². The zero-order valence-corrected chi connectivity index (χ0v) is 8.21. The van der Waals surface area contributed by atoms with Gasteiger partial charge >= 0.3 is 5.97 Å². The highest BCUT2D eigenvalue weighted by molar-refractivity contribution is 7.89. The molecule has 0 heterocycles. The second-order valence-electron chi connectivity index (χ2n) is 3.19. The lowest BCUT2D eigenvalue weighted by atomic mass is 10.1. The fraction of sp³-hybridized carbons (Fsp3) is 0.857. The molecule has 0 aromatic rings. The first kappa shape index (κ1) is 10.5. The van der Waals surface area contributed by atoms with Crippen LogP contribution in [0.25, 0.3) is 0 Å². The number of esters is 1. The van der Waals surface area contributed by atoms with E-state index in [0.717, 1.165) is 0 Å². The molecule has 1 saturated carbocycles. The number of carbonyl (C=O) groups excluding carboxylic acids is 1. The lowest BCUT2D eigenvalue weighted by molar-refractivity contribution is -0.145. The maximum atomic E-state index is 11.1. The molecule has 76 valence electrons. The Morgan fingerprint density at radius 1 is 1.46 bits per heavy atom. The summed E-state index contributed by atoms with van der Waals surface area (Å²) >= 11 is 0. The average Bonchev–Trinajstić information content (AvgIpc) is 2.49. The predicted octanol–water partition coefficient (Wildman–Crippen LogP) is -0.383. The fourth-order valence-electron chi connectivity index (χ4n) is 1.74. The molecule has 1 aliphatic carbocycles. The first-order valence-corrected chi connectivity index (χ1v) is 5.67.